The Balaban J connectivity index is 0.000000667. The van der Waals surface area contributed by atoms with Gasteiger partial charge in [-0.1, -0.05) is 18.2 Å². The van der Waals surface area contributed by atoms with Crippen LogP contribution in [-0.4, -0.2) is 96.4 Å². The SMILES string of the molecule is C=CCC1N(C(=O)c2cnccc2C(F)(F)F)CCCC1(Oc1ccc(I)cc1)C(=O)N1CCN(c2ccccc2OCCOC)CC1.Oc1ccc(I)cc1. The number of pyridine rings is 1. The molecule has 0 aliphatic carbocycles. The first kappa shape index (κ1) is 43.0. The number of phenolic OH excluding ortho intramolecular Hbond substituents is 1. The number of para-hydroxylation sites is 2. The monoisotopic (exact) mass is 998 g/mol. The van der Waals surface area contributed by atoms with E-state index in [0.717, 1.165) is 31.3 Å². The molecule has 3 aromatic carbocycles. The number of methoxy groups -OCH3 is 1. The molecular weight excluding hydrogens is 955 g/mol. The lowest BCUT2D eigenvalue weighted by Crippen LogP contribution is -2.69. The minimum absolute atomic E-state index is 0.121. The molecule has 15 heteroatoms. The van der Waals surface area contributed by atoms with E-state index in [9.17, 15) is 22.8 Å². The number of anilines is 1. The topological polar surface area (TPSA) is 105 Å². The van der Waals surface area contributed by atoms with Gasteiger partial charge in [0.2, 0.25) is 5.60 Å². The molecular formula is C41H43F3I2N4O6. The fraction of sp³-hybridized carbons (Fsp3) is 0.341. The molecule has 0 radical (unpaired) electrons. The van der Waals surface area contributed by atoms with Crippen molar-refractivity contribution in [1.82, 2.24) is 14.8 Å². The Bertz CT molecular complexity index is 1910. The van der Waals surface area contributed by atoms with Crippen LogP contribution in [-0.2, 0) is 15.7 Å². The summed E-state index contributed by atoms with van der Waals surface area (Å²) in [5.74, 6) is 0.279. The van der Waals surface area contributed by atoms with Crippen molar-refractivity contribution < 1.29 is 42.1 Å². The van der Waals surface area contributed by atoms with Crippen LogP contribution in [0.25, 0.3) is 0 Å². The molecule has 2 fully saturated rings. The van der Waals surface area contributed by atoms with Crippen LogP contribution >= 0.6 is 45.2 Å². The third kappa shape index (κ3) is 10.6. The van der Waals surface area contributed by atoms with E-state index >= 15 is 0 Å². The predicted octanol–water partition coefficient (Wildman–Crippen LogP) is 8.07. The van der Waals surface area contributed by atoms with Crippen molar-refractivity contribution in [2.75, 3.05) is 57.9 Å². The van der Waals surface area contributed by atoms with Crippen molar-refractivity contribution in [2.45, 2.75) is 37.1 Å². The van der Waals surface area contributed by atoms with Crippen LogP contribution in [0.3, 0.4) is 0 Å². The lowest BCUT2D eigenvalue weighted by molar-refractivity contribution is -0.159. The highest BCUT2D eigenvalue weighted by Crippen LogP contribution is 2.40. The van der Waals surface area contributed by atoms with Crippen molar-refractivity contribution in [2.24, 2.45) is 0 Å². The summed E-state index contributed by atoms with van der Waals surface area (Å²) in [6, 6.07) is 21.8. The fourth-order valence-electron chi connectivity index (χ4n) is 6.83. The number of amides is 2. The van der Waals surface area contributed by atoms with Crippen molar-refractivity contribution in [3.05, 3.63) is 122 Å². The summed E-state index contributed by atoms with van der Waals surface area (Å²) >= 11 is 4.35. The quantitative estimate of drug-likeness (QED) is 0.0915. The van der Waals surface area contributed by atoms with E-state index in [1.807, 2.05) is 48.5 Å². The van der Waals surface area contributed by atoms with E-state index in [4.69, 9.17) is 19.3 Å². The molecule has 2 atom stereocenters. The van der Waals surface area contributed by atoms with Gasteiger partial charge in [-0.25, -0.2) is 0 Å². The number of alkyl halides is 3. The van der Waals surface area contributed by atoms with Gasteiger partial charge in [0.05, 0.1) is 29.5 Å². The molecule has 2 aliphatic heterocycles. The Hall–Kier alpha value is -4.10. The van der Waals surface area contributed by atoms with Crippen molar-refractivity contribution >= 4 is 62.7 Å². The van der Waals surface area contributed by atoms with Crippen LogP contribution in [0.1, 0.15) is 35.2 Å². The summed E-state index contributed by atoms with van der Waals surface area (Å²) in [6.07, 6.45) is -0.537. The summed E-state index contributed by atoms with van der Waals surface area (Å²) in [4.78, 5) is 37.9. The third-order valence-electron chi connectivity index (χ3n) is 9.49. The van der Waals surface area contributed by atoms with Gasteiger partial charge in [-0.05, 0) is 125 Å². The van der Waals surface area contributed by atoms with E-state index in [2.05, 4.69) is 61.6 Å². The molecule has 3 heterocycles. The van der Waals surface area contributed by atoms with Gasteiger partial charge < -0.3 is 34.0 Å². The normalized spacial score (nSPS) is 18.4. The standard InChI is InChI=1S/C35H38F3IN4O5.C6H5IO/c1-3-7-31-34(48-26-12-10-25(39)11-13-26,15-6-17-43(31)32(44)27-24-40-16-14-28(27)35(36,37)38)33(45)42-20-18-41(19-21-42)29-8-4-5-9-30(29)47-23-22-46-2;7-5-1-3-6(8)4-2-5/h3-5,8-14,16,24,31H,1,6-7,15,17-23H2,2H3;1-4,8H. The van der Waals surface area contributed by atoms with Gasteiger partial charge in [-0.3, -0.25) is 14.6 Å². The molecule has 56 heavy (non-hydrogen) atoms. The van der Waals surface area contributed by atoms with Crippen LogP contribution in [0.15, 0.2) is 104 Å². The molecule has 4 aromatic rings. The first-order valence-electron chi connectivity index (χ1n) is 17.9. The number of likely N-dealkylation sites (tertiary alicyclic amines) is 1. The molecule has 2 amide bonds. The van der Waals surface area contributed by atoms with Crippen LogP contribution < -0.4 is 14.4 Å². The number of piperazine rings is 1. The van der Waals surface area contributed by atoms with Crippen LogP contribution in [0.2, 0.25) is 0 Å². The maximum absolute atomic E-state index is 14.8. The summed E-state index contributed by atoms with van der Waals surface area (Å²) in [7, 11) is 1.61. The summed E-state index contributed by atoms with van der Waals surface area (Å²) in [6.45, 7) is 6.60. The van der Waals surface area contributed by atoms with Crippen LogP contribution in [0, 0.1) is 7.14 Å². The van der Waals surface area contributed by atoms with Gasteiger partial charge in [0.25, 0.3) is 11.8 Å². The summed E-state index contributed by atoms with van der Waals surface area (Å²) in [5.41, 5.74) is -2.33. The molecule has 1 aromatic heterocycles. The van der Waals surface area contributed by atoms with Crippen molar-refractivity contribution in [3.8, 4) is 17.2 Å². The van der Waals surface area contributed by atoms with Gasteiger partial charge >= 0.3 is 6.18 Å². The zero-order chi connectivity index (χ0) is 40.3. The number of piperidine rings is 1. The van der Waals surface area contributed by atoms with Crippen LogP contribution in [0.5, 0.6) is 17.2 Å². The highest BCUT2D eigenvalue weighted by atomic mass is 127. The molecule has 1 N–H and O–H groups in total. The minimum Gasteiger partial charge on any atom is -0.508 e. The molecule has 0 bridgehead atoms. The highest BCUT2D eigenvalue weighted by molar-refractivity contribution is 14.1. The number of benzene rings is 3. The van der Waals surface area contributed by atoms with Gasteiger partial charge in [0.1, 0.15) is 23.9 Å². The number of phenols is 1. The highest BCUT2D eigenvalue weighted by Gasteiger charge is 2.55. The Kier molecular flexibility index (Phi) is 15.3. The first-order valence-corrected chi connectivity index (χ1v) is 20.1. The van der Waals surface area contributed by atoms with Gasteiger partial charge in [-0.15, -0.1) is 6.58 Å². The first-order chi connectivity index (χ1) is 26.9. The second-order valence-corrected chi connectivity index (χ2v) is 15.6. The lowest BCUT2D eigenvalue weighted by Gasteiger charge is -2.50. The van der Waals surface area contributed by atoms with Crippen molar-refractivity contribution in [3.63, 3.8) is 0 Å². The number of carbonyl (C=O) groups is 2. The van der Waals surface area contributed by atoms with E-state index in [0.29, 0.717) is 63.1 Å². The Morgan fingerprint density at radius 2 is 1.61 bits per heavy atom. The van der Waals surface area contributed by atoms with Crippen LogP contribution in [0.4, 0.5) is 18.9 Å². The number of carbonyl (C=O) groups excluding carboxylic acids is 2. The van der Waals surface area contributed by atoms with E-state index in [1.165, 1.54) is 4.90 Å². The maximum Gasteiger partial charge on any atom is 0.417 e. The second kappa shape index (κ2) is 19.9. The Morgan fingerprint density at radius 3 is 2.23 bits per heavy atom. The largest absolute Gasteiger partial charge is 0.508 e. The molecule has 2 unspecified atom stereocenters. The molecule has 298 valence electrons. The number of ether oxygens (including phenoxy) is 3. The number of halogens is 5. The number of nitrogens with zero attached hydrogens (tertiary/aromatic N) is 4. The third-order valence-corrected chi connectivity index (χ3v) is 10.9. The fourth-order valence-corrected chi connectivity index (χ4v) is 7.55. The zero-order valence-corrected chi connectivity index (χ0v) is 35.1. The maximum atomic E-state index is 14.8. The zero-order valence-electron chi connectivity index (χ0n) is 30.8. The molecule has 0 saturated carbocycles. The second-order valence-electron chi connectivity index (χ2n) is 13.1. The number of aromatic nitrogens is 1. The van der Waals surface area contributed by atoms with Crippen molar-refractivity contribution in [1.29, 1.82) is 0 Å². The number of aromatic hydroxyl groups is 1. The average Bonchev–Trinajstić information content (AvgIpc) is 3.20. The van der Waals surface area contributed by atoms with Gasteiger partial charge in [0, 0.05) is 65.8 Å². The van der Waals surface area contributed by atoms with Gasteiger partial charge in [-0.2, -0.15) is 13.2 Å². The van der Waals surface area contributed by atoms with E-state index in [1.54, 1.807) is 42.4 Å². The number of hydrogen-bond donors (Lipinski definition) is 1. The van der Waals surface area contributed by atoms with E-state index in [-0.39, 0.29) is 25.3 Å². The molecule has 0 spiro atoms. The number of rotatable bonds is 11. The smallest absolute Gasteiger partial charge is 0.417 e. The summed E-state index contributed by atoms with van der Waals surface area (Å²) < 4.78 is 61.8. The van der Waals surface area contributed by atoms with E-state index < -0.39 is 34.9 Å². The molecule has 2 aliphatic rings. The van der Waals surface area contributed by atoms with Gasteiger partial charge in [0.15, 0.2) is 0 Å². The average molecular weight is 999 g/mol. The Morgan fingerprint density at radius 1 is 0.946 bits per heavy atom. The lowest BCUT2D eigenvalue weighted by atomic mass is 9.80. The summed E-state index contributed by atoms with van der Waals surface area (Å²) in [5, 5.41) is 8.75. The minimum atomic E-state index is -4.77. The number of hydrogen-bond acceptors (Lipinski definition) is 8. The molecule has 10 nitrogen and oxygen atoms in total. The molecule has 6 rings (SSSR count). The molecule has 2 saturated heterocycles. The Labute approximate surface area is 351 Å². The predicted molar refractivity (Wildman–Crippen MR) is 224 cm³/mol.